The van der Waals surface area contributed by atoms with Crippen molar-refractivity contribution in [2.24, 2.45) is 0 Å². The molecule has 0 aromatic heterocycles. The van der Waals surface area contributed by atoms with E-state index in [0.29, 0.717) is 17.1 Å². The molecular formula is C30H33BrClN3O4S. The summed E-state index contributed by atoms with van der Waals surface area (Å²) in [6.45, 7) is -0.331. The van der Waals surface area contributed by atoms with Gasteiger partial charge in [-0.15, -0.1) is 0 Å². The molecule has 0 aliphatic heterocycles. The molecule has 0 saturated heterocycles. The highest BCUT2D eigenvalue weighted by Gasteiger charge is 2.34. The molecule has 4 rings (SSSR count). The Labute approximate surface area is 249 Å². The van der Waals surface area contributed by atoms with Crippen LogP contribution in [-0.4, -0.2) is 50.0 Å². The molecule has 40 heavy (non-hydrogen) atoms. The average Bonchev–Trinajstić information content (AvgIpc) is 3.43. The first-order chi connectivity index (χ1) is 19.1. The van der Waals surface area contributed by atoms with E-state index in [2.05, 4.69) is 21.2 Å². The van der Waals surface area contributed by atoms with Gasteiger partial charge in [0.1, 0.15) is 12.6 Å². The Morgan fingerprint density at radius 1 is 0.975 bits per heavy atom. The highest BCUT2D eigenvalue weighted by molar-refractivity contribution is 9.10. The number of rotatable bonds is 11. The molecule has 1 fully saturated rings. The van der Waals surface area contributed by atoms with E-state index >= 15 is 0 Å². The second-order valence-corrected chi connectivity index (χ2v) is 13.4. The minimum atomic E-state index is -3.83. The highest BCUT2D eigenvalue weighted by atomic mass is 79.9. The number of carbonyl (C=O) groups excluding carboxylic acids is 2. The van der Waals surface area contributed by atoms with Crippen LogP contribution in [0.5, 0.6) is 0 Å². The summed E-state index contributed by atoms with van der Waals surface area (Å²) in [6.07, 6.45) is 5.27. The van der Waals surface area contributed by atoms with Crippen LogP contribution in [0.1, 0.15) is 36.8 Å². The fraction of sp³-hybridized carbons (Fsp3) is 0.333. The molecule has 0 radical (unpaired) electrons. The van der Waals surface area contributed by atoms with Crippen LogP contribution in [0.15, 0.2) is 83.3 Å². The minimum absolute atomic E-state index is 0.0650. The quantitative estimate of drug-likeness (QED) is 0.295. The maximum absolute atomic E-state index is 14.1. The molecule has 7 nitrogen and oxygen atoms in total. The Balaban J connectivity index is 1.72. The number of sulfonamides is 1. The molecule has 0 unspecified atom stereocenters. The van der Waals surface area contributed by atoms with E-state index < -0.39 is 28.5 Å². The Bertz CT molecular complexity index is 1410. The largest absolute Gasteiger partial charge is 0.352 e. The smallest absolute Gasteiger partial charge is 0.244 e. The summed E-state index contributed by atoms with van der Waals surface area (Å²) >= 11 is 9.51. The minimum Gasteiger partial charge on any atom is -0.352 e. The van der Waals surface area contributed by atoms with Gasteiger partial charge in [-0.25, -0.2) is 8.42 Å². The monoisotopic (exact) mass is 645 g/mol. The number of benzene rings is 3. The number of nitrogens with one attached hydrogen (secondary N) is 1. The molecule has 1 aliphatic rings. The normalized spacial score (nSPS) is 14.5. The van der Waals surface area contributed by atoms with Crippen molar-refractivity contribution >= 4 is 55.1 Å². The summed E-state index contributed by atoms with van der Waals surface area (Å²) in [5, 5.41) is 3.61. The first-order valence-electron chi connectivity index (χ1n) is 13.2. The number of carbonyl (C=O) groups is 2. The zero-order chi connectivity index (χ0) is 28.7. The van der Waals surface area contributed by atoms with E-state index in [4.69, 9.17) is 11.6 Å². The second kappa shape index (κ2) is 13.7. The van der Waals surface area contributed by atoms with Crippen molar-refractivity contribution in [3.05, 3.63) is 99.5 Å². The van der Waals surface area contributed by atoms with E-state index in [1.54, 1.807) is 24.3 Å². The lowest BCUT2D eigenvalue weighted by Gasteiger charge is -2.34. The van der Waals surface area contributed by atoms with Crippen molar-refractivity contribution in [2.45, 2.75) is 50.7 Å². The number of halogens is 2. The van der Waals surface area contributed by atoms with Crippen molar-refractivity contribution in [2.75, 3.05) is 17.1 Å². The van der Waals surface area contributed by atoms with Gasteiger partial charge in [0.25, 0.3) is 0 Å². The molecule has 0 spiro atoms. The summed E-state index contributed by atoms with van der Waals surface area (Å²) in [6, 6.07) is 22.6. The summed E-state index contributed by atoms with van der Waals surface area (Å²) in [4.78, 5) is 29.4. The lowest BCUT2D eigenvalue weighted by molar-refractivity contribution is -0.140. The van der Waals surface area contributed by atoms with Crippen molar-refractivity contribution in [1.82, 2.24) is 10.2 Å². The molecule has 1 saturated carbocycles. The van der Waals surface area contributed by atoms with Gasteiger partial charge in [-0.3, -0.25) is 13.9 Å². The van der Waals surface area contributed by atoms with Gasteiger partial charge in [0.2, 0.25) is 21.8 Å². The second-order valence-electron chi connectivity index (χ2n) is 10.1. The van der Waals surface area contributed by atoms with Gasteiger partial charge in [0.05, 0.1) is 11.9 Å². The number of hydrogen-bond acceptors (Lipinski definition) is 4. The molecule has 2 amide bonds. The number of hydrogen-bond donors (Lipinski definition) is 1. The molecule has 3 aromatic rings. The third-order valence-electron chi connectivity index (χ3n) is 7.01. The zero-order valence-electron chi connectivity index (χ0n) is 22.3. The third kappa shape index (κ3) is 8.32. The van der Waals surface area contributed by atoms with Gasteiger partial charge in [0, 0.05) is 28.5 Å². The molecule has 1 aliphatic carbocycles. The van der Waals surface area contributed by atoms with Crippen molar-refractivity contribution in [3.8, 4) is 0 Å². The standard InChI is InChI=1S/C30H33BrClN3O4S/c1-40(38,39)35(27-16-14-25(32)15-17-27)21-29(36)34(20-23-10-7-11-24(31)18-23)28(19-22-8-3-2-4-9-22)30(37)33-26-12-5-6-13-26/h2-4,7-11,14-18,26,28H,5-6,12-13,19-21H2,1H3,(H,33,37)/t28-/m0/s1. The topological polar surface area (TPSA) is 86.8 Å². The predicted octanol–water partition coefficient (Wildman–Crippen LogP) is 5.57. The molecular weight excluding hydrogens is 614 g/mol. The zero-order valence-corrected chi connectivity index (χ0v) is 25.5. The summed E-state index contributed by atoms with van der Waals surface area (Å²) in [5.41, 5.74) is 2.03. The average molecular weight is 647 g/mol. The third-order valence-corrected chi connectivity index (χ3v) is 8.89. The number of anilines is 1. The number of amides is 2. The first-order valence-corrected chi connectivity index (χ1v) is 16.2. The van der Waals surface area contributed by atoms with Gasteiger partial charge in [-0.2, -0.15) is 0 Å². The Kier molecular flexibility index (Phi) is 10.3. The van der Waals surface area contributed by atoms with E-state index in [0.717, 1.165) is 51.8 Å². The van der Waals surface area contributed by atoms with E-state index in [1.807, 2.05) is 54.6 Å². The molecule has 212 valence electrons. The van der Waals surface area contributed by atoms with Crippen LogP contribution < -0.4 is 9.62 Å². The van der Waals surface area contributed by atoms with Gasteiger partial charge >= 0.3 is 0 Å². The van der Waals surface area contributed by atoms with Crippen molar-refractivity contribution < 1.29 is 18.0 Å². The van der Waals surface area contributed by atoms with E-state index in [-0.39, 0.29) is 18.5 Å². The lowest BCUT2D eigenvalue weighted by Crippen LogP contribution is -2.54. The molecule has 10 heteroatoms. The van der Waals surface area contributed by atoms with Gasteiger partial charge < -0.3 is 10.2 Å². The fourth-order valence-electron chi connectivity index (χ4n) is 4.97. The van der Waals surface area contributed by atoms with Crippen LogP contribution in [0.25, 0.3) is 0 Å². The highest BCUT2D eigenvalue weighted by Crippen LogP contribution is 2.24. The SMILES string of the molecule is CS(=O)(=O)N(CC(=O)N(Cc1cccc(Br)c1)[C@@H](Cc1ccccc1)C(=O)NC1CCCC1)c1ccc(Cl)cc1. The van der Waals surface area contributed by atoms with Gasteiger partial charge in [-0.05, 0) is 60.4 Å². The van der Waals surface area contributed by atoms with Crippen LogP contribution >= 0.6 is 27.5 Å². The molecule has 1 atom stereocenters. The fourth-order valence-corrected chi connectivity index (χ4v) is 6.40. The van der Waals surface area contributed by atoms with Gasteiger partial charge in [0.15, 0.2) is 0 Å². The van der Waals surface area contributed by atoms with Crippen LogP contribution in [0.4, 0.5) is 5.69 Å². The number of nitrogens with zero attached hydrogens (tertiary/aromatic N) is 2. The molecule has 0 bridgehead atoms. The first kappa shape index (κ1) is 30.1. The summed E-state index contributed by atoms with van der Waals surface area (Å²) in [5.74, 6) is -0.723. The maximum atomic E-state index is 14.1. The van der Waals surface area contributed by atoms with Crippen LogP contribution in [0, 0.1) is 0 Å². The van der Waals surface area contributed by atoms with Crippen LogP contribution in [0.3, 0.4) is 0 Å². The van der Waals surface area contributed by atoms with E-state index in [9.17, 15) is 18.0 Å². The van der Waals surface area contributed by atoms with Crippen molar-refractivity contribution in [1.29, 1.82) is 0 Å². The summed E-state index contributed by atoms with van der Waals surface area (Å²) in [7, 11) is -3.83. The van der Waals surface area contributed by atoms with Crippen LogP contribution in [0.2, 0.25) is 5.02 Å². The Hall–Kier alpha value is -2.88. The maximum Gasteiger partial charge on any atom is 0.244 e. The Morgan fingerprint density at radius 3 is 2.25 bits per heavy atom. The molecule has 1 N–H and O–H groups in total. The van der Waals surface area contributed by atoms with Crippen LogP contribution in [-0.2, 0) is 32.6 Å². The van der Waals surface area contributed by atoms with Gasteiger partial charge in [-0.1, -0.05) is 82.8 Å². The van der Waals surface area contributed by atoms with Crippen molar-refractivity contribution in [3.63, 3.8) is 0 Å². The molecule has 3 aromatic carbocycles. The van der Waals surface area contributed by atoms with E-state index in [1.165, 1.54) is 4.90 Å². The molecule has 0 heterocycles. The summed E-state index contributed by atoms with van der Waals surface area (Å²) < 4.78 is 27.6. The predicted molar refractivity (Wildman–Crippen MR) is 163 cm³/mol. The lowest BCUT2D eigenvalue weighted by atomic mass is 10.0. The Morgan fingerprint density at radius 2 is 1.62 bits per heavy atom.